The lowest BCUT2D eigenvalue weighted by molar-refractivity contribution is 0.220. The molecule has 2 aromatic rings. The highest BCUT2D eigenvalue weighted by atomic mass is 31.0. The first-order chi connectivity index (χ1) is 8.29. The summed E-state index contributed by atoms with van der Waals surface area (Å²) in [7, 11) is 4.33. The number of ether oxygens (including phenoxy) is 1. The molecule has 0 aliphatic rings. The molecule has 94 valence electrons. The van der Waals surface area contributed by atoms with Gasteiger partial charge in [-0.2, -0.15) is 0 Å². The summed E-state index contributed by atoms with van der Waals surface area (Å²) < 4.78 is 11.0. The Kier molecular flexibility index (Phi) is 6.03. The van der Waals surface area contributed by atoms with Gasteiger partial charge in [0.1, 0.15) is 17.4 Å². The molecule has 2 atom stereocenters. The first kappa shape index (κ1) is 14.0. The fraction of sp³-hybridized carbons (Fsp3) is 0.385. The molecule has 4 heteroatoms. The molecular formula is C13H20NO2P. The molecule has 0 bridgehead atoms. The molecule has 0 saturated carbocycles. The number of nitrogens with one attached hydrogen (secondary N) is 1. The van der Waals surface area contributed by atoms with Crippen LogP contribution in [0.25, 0.3) is 11.0 Å². The average molecular weight is 253 g/mol. The Balaban J connectivity index is 0.000000686. The molecule has 0 aliphatic heterocycles. The Hall–Kier alpha value is -1.05. The Labute approximate surface area is 105 Å². The monoisotopic (exact) mass is 253 g/mol. The summed E-state index contributed by atoms with van der Waals surface area (Å²) in [6, 6.07) is 7.82. The van der Waals surface area contributed by atoms with Crippen molar-refractivity contribution in [3.8, 4) is 5.75 Å². The Morgan fingerprint density at radius 1 is 1.35 bits per heavy atom. The van der Waals surface area contributed by atoms with E-state index in [-0.39, 0.29) is 6.10 Å². The lowest BCUT2D eigenvalue weighted by atomic mass is 10.2. The Morgan fingerprint density at radius 3 is 2.82 bits per heavy atom. The molecule has 0 aliphatic carbocycles. The van der Waals surface area contributed by atoms with E-state index in [9.17, 15) is 0 Å². The molecule has 2 rings (SSSR count). The number of hydrogen-bond acceptors (Lipinski definition) is 3. The van der Waals surface area contributed by atoms with E-state index < -0.39 is 0 Å². The summed E-state index contributed by atoms with van der Waals surface area (Å²) in [6.07, 6.45) is 1.84. The Bertz CT molecular complexity index is 442. The second-order valence-corrected chi connectivity index (χ2v) is 3.61. The van der Waals surface area contributed by atoms with Crippen molar-refractivity contribution in [2.24, 2.45) is 0 Å². The molecule has 17 heavy (non-hydrogen) atoms. The second kappa shape index (κ2) is 7.31. The average Bonchev–Trinajstić information content (AvgIpc) is 2.79. The van der Waals surface area contributed by atoms with E-state index in [2.05, 4.69) is 14.6 Å². The van der Waals surface area contributed by atoms with Gasteiger partial charge < -0.3 is 14.5 Å². The van der Waals surface area contributed by atoms with Crippen molar-refractivity contribution in [3.63, 3.8) is 0 Å². The quantitative estimate of drug-likeness (QED) is 0.851. The summed E-state index contributed by atoms with van der Waals surface area (Å²) in [5.41, 5.74) is 0.865. The van der Waals surface area contributed by atoms with Gasteiger partial charge in [0.15, 0.2) is 0 Å². The lowest BCUT2D eigenvalue weighted by Gasteiger charge is -2.13. The maximum Gasteiger partial charge on any atom is 0.137 e. The number of fused-ring (bicyclic) bond motifs is 1. The van der Waals surface area contributed by atoms with Crippen molar-refractivity contribution in [2.75, 3.05) is 20.3 Å². The van der Waals surface area contributed by atoms with Gasteiger partial charge in [-0.3, -0.25) is 0 Å². The van der Waals surface area contributed by atoms with Crippen LogP contribution in [0.1, 0.15) is 6.92 Å². The summed E-state index contributed by atoms with van der Waals surface area (Å²) in [5.74, 6) is 0.847. The van der Waals surface area contributed by atoms with Crippen molar-refractivity contribution < 1.29 is 9.15 Å². The zero-order valence-corrected chi connectivity index (χ0v) is 11.7. The van der Waals surface area contributed by atoms with E-state index in [0.717, 1.165) is 23.3 Å². The molecule has 3 nitrogen and oxygen atoms in total. The fourth-order valence-electron chi connectivity index (χ4n) is 1.57. The smallest absolute Gasteiger partial charge is 0.137 e. The van der Waals surface area contributed by atoms with E-state index >= 15 is 0 Å². The normalized spacial score (nSPS) is 11.8. The molecule has 1 aromatic heterocycles. The van der Waals surface area contributed by atoms with Gasteiger partial charge in [-0.1, -0.05) is 6.66 Å². The minimum atomic E-state index is 0.155. The predicted octanol–water partition coefficient (Wildman–Crippen LogP) is 2.91. The van der Waals surface area contributed by atoms with Crippen LogP contribution in [-0.4, -0.2) is 26.4 Å². The summed E-state index contributed by atoms with van der Waals surface area (Å²) in [6.45, 7) is 4.78. The summed E-state index contributed by atoms with van der Waals surface area (Å²) in [4.78, 5) is 0. The molecule has 1 N–H and O–H groups in total. The van der Waals surface area contributed by atoms with Crippen LogP contribution in [0, 0.1) is 0 Å². The topological polar surface area (TPSA) is 34.4 Å². The first-order valence-electron chi connectivity index (χ1n) is 5.66. The van der Waals surface area contributed by atoms with E-state index in [1.165, 1.54) is 0 Å². The van der Waals surface area contributed by atoms with Crippen molar-refractivity contribution in [3.05, 3.63) is 30.5 Å². The molecule has 2 unspecified atom stereocenters. The SMILES string of the molecule is CNCC(C)Oc1ccc2ccoc2c1.CP. The highest BCUT2D eigenvalue weighted by Crippen LogP contribution is 2.22. The van der Waals surface area contributed by atoms with Crippen molar-refractivity contribution in [2.45, 2.75) is 13.0 Å². The van der Waals surface area contributed by atoms with E-state index in [1.54, 1.807) is 6.26 Å². The van der Waals surface area contributed by atoms with Crippen molar-refractivity contribution >= 4 is 20.2 Å². The molecule has 0 saturated heterocycles. The highest BCUT2D eigenvalue weighted by molar-refractivity contribution is 7.15. The first-order valence-corrected chi connectivity index (χ1v) is 6.81. The van der Waals surface area contributed by atoms with Crippen LogP contribution in [0.3, 0.4) is 0 Å². The van der Waals surface area contributed by atoms with Gasteiger partial charge in [0.05, 0.1) is 6.26 Å². The van der Waals surface area contributed by atoms with Gasteiger partial charge in [-0.05, 0) is 32.2 Å². The van der Waals surface area contributed by atoms with E-state index in [1.807, 2.05) is 44.9 Å². The summed E-state index contributed by atoms with van der Waals surface area (Å²) in [5, 5.41) is 4.17. The van der Waals surface area contributed by atoms with Crippen LogP contribution in [0.4, 0.5) is 0 Å². The minimum Gasteiger partial charge on any atom is -0.489 e. The lowest BCUT2D eigenvalue weighted by Crippen LogP contribution is -2.25. The zero-order chi connectivity index (χ0) is 12.7. The van der Waals surface area contributed by atoms with E-state index in [0.29, 0.717) is 0 Å². The fourth-order valence-corrected chi connectivity index (χ4v) is 1.57. The van der Waals surface area contributed by atoms with Crippen LogP contribution in [-0.2, 0) is 0 Å². The molecule has 0 fully saturated rings. The van der Waals surface area contributed by atoms with Gasteiger partial charge in [0.25, 0.3) is 0 Å². The van der Waals surface area contributed by atoms with Crippen LogP contribution in [0.15, 0.2) is 34.9 Å². The largest absolute Gasteiger partial charge is 0.489 e. The number of hydrogen-bond donors (Lipinski definition) is 1. The van der Waals surface area contributed by atoms with Gasteiger partial charge in [0.2, 0.25) is 0 Å². The molecule has 0 amide bonds. The standard InChI is InChI=1S/C12H15NO2.CH5P/c1-9(8-13-2)15-11-4-3-10-5-6-14-12(10)7-11;1-2/h3-7,9,13H,8H2,1-2H3;2H2,1H3. The third kappa shape index (κ3) is 4.03. The zero-order valence-electron chi connectivity index (χ0n) is 10.6. The van der Waals surface area contributed by atoms with Crippen LogP contribution in [0.5, 0.6) is 5.75 Å². The predicted molar refractivity (Wildman–Crippen MR) is 75.9 cm³/mol. The molecule has 1 heterocycles. The van der Waals surface area contributed by atoms with E-state index in [4.69, 9.17) is 9.15 Å². The molecule has 0 radical (unpaired) electrons. The van der Waals surface area contributed by atoms with Crippen LogP contribution >= 0.6 is 9.24 Å². The van der Waals surface area contributed by atoms with Crippen molar-refractivity contribution in [1.82, 2.24) is 5.32 Å². The molecule has 0 spiro atoms. The van der Waals surface area contributed by atoms with Crippen LogP contribution < -0.4 is 10.1 Å². The maximum absolute atomic E-state index is 5.71. The summed E-state index contributed by atoms with van der Waals surface area (Å²) >= 11 is 0. The van der Waals surface area contributed by atoms with Gasteiger partial charge >= 0.3 is 0 Å². The van der Waals surface area contributed by atoms with Crippen molar-refractivity contribution in [1.29, 1.82) is 0 Å². The van der Waals surface area contributed by atoms with Crippen LogP contribution in [0.2, 0.25) is 0 Å². The number of likely N-dealkylation sites (N-methyl/N-ethyl adjacent to an activating group) is 1. The molecular weight excluding hydrogens is 233 g/mol. The number of furan rings is 1. The second-order valence-electron chi connectivity index (χ2n) is 3.61. The van der Waals surface area contributed by atoms with Gasteiger partial charge in [0, 0.05) is 18.0 Å². The number of benzene rings is 1. The Morgan fingerprint density at radius 2 is 2.12 bits per heavy atom. The van der Waals surface area contributed by atoms with Gasteiger partial charge in [-0.25, -0.2) is 0 Å². The maximum atomic E-state index is 5.71. The highest BCUT2D eigenvalue weighted by Gasteiger charge is 2.04. The molecule has 1 aromatic carbocycles. The number of rotatable bonds is 4. The third-order valence-electron chi connectivity index (χ3n) is 2.26. The third-order valence-corrected chi connectivity index (χ3v) is 2.26. The minimum absolute atomic E-state index is 0.155. The van der Waals surface area contributed by atoms with Gasteiger partial charge in [-0.15, -0.1) is 9.24 Å².